The number of thiophene rings is 2. The summed E-state index contributed by atoms with van der Waals surface area (Å²) in [6.45, 7) is 7.87. The maximum Gasteiger partial charge on any atom is 0.341 e. The number of allylic oxidation sites excluding steroid dienone is 1. The highest BCUT2D eigenvalue weighted by Crippen LogP contribution is 2.38. The molecule has 0 saturated heterocycles. The van der Waals surface area contributed by atoms with Crippen LogP contribution < -0.4 is 10.9 Å². The van der Waals surface area contributed by atoms with Crippen LogP contribution in [0.15, 0.2) is 44.5 Å². The number of thioether (sulfide) groups is 1. The van der Waals surface area contributed by atoms with Crippen molar-refractivity contribution in [2.24, 2.45) is 0 Å². The number of rotatable bonds is 9. The van der Waals surface area contributed by atoms with Crippen LogP contribution in [0.3, 0.4) is 0 Å². The van der Waals surface area contributed by atoms with Gasteiger partial charge in [-0.1, -0.05) is 24.3 Å². The standard InChI is InChI=1S/C28H29N3O5S3/c1-4-13-31-26(33)22-17-9-7-6-8-10-20(17)39-25(22)30-28(31)38-15-21(32)29-24-23(27(34)35-5-2)18(14-37-24)19-12-11-16(3)36-19/h4,11-12,14H,1,5-10,13,15H2,2-3H3,(H,29,32). The smallest absolute Gasteiger partial charge is 0.341 e. The van der Waals surface area contributed by atoms with E-state index in [0.29, 0.717) is 39.2 Å². The summed E-state index contributed by atoms with van der Waals surface area (Å²) in [6, 6.07) is 3.60. The molecule has 11 heteroatoms. The molecule has 0 spiro atoms. The fourth-order valence-electron chi connectivity index (χ4n) is 4.71. The molecule has 204 valence electrons. The van der Waals surface area contributed by atoms with Crippen LogP contribution in [-0.2, 0) is 28.9 Å². The summed E-state index contributed by atoms with van der Waals surface area (Å²) in [5.74, 6) is 0.397. The van der Waals surface area contributed by atoms with Crippen molar-refractivity contribution in [2.45, 2.75) is 57.7 Å². The number of nitrogens with one attached hydrogen (secondary N) is 1. The maximum absolute atomic E-state index is 13.5. The maximum atomic E-state index is 13.5. The molecule has 1 aliphatic carbocycles. The number of fused-ring (bicyclic) bond motifs is 3. The zero-order valence-electron chi connectivity index (χ0n) is 21.8. The van der Waals surface area contributed by atoms with Crippen molar-refractivity contribution >= 4 is 61.5 Å². The van der Waals surface area contributed by atoms with E-state index in [4.69, 9.17) is 14.1 Å². The van der Waals surface area contributed by atoms with Crippen molar-refractivity contribution in [1.82, 2.24) is 9.55 Å². The van der Waals surface area contributed by atoms with Crippen LogP contribution in [0, 0.1) is 6.92 Å². The van der Waals surface area contributed by atoms with E-state index >= 15 is 0 Å². The first-order valence-corrected chi connectivity index (χ1v) is 15.5. The van der Waals surface area contributed by atoms with E-state index in [9.17, 15) is 14.4 Å². The second-order valence-corrected chi connectivity index (χ2v) is 12.1. The Morgan fingerprint density at radius 1 is 1.28 bits per heavy atom. The molecule has 5 rings (SSSR count). The Labute approximate surface area is 238 Å². The predicted octanol–water partition coefficient (Wildman–Crippen LogP) is 6.45. The van der Waals surface area contributed by atoms with Crippen LogP contribution in [0.5, 0.6) is 0 Å². The minimum Gasteiger partial charge on any atom is -0.462 e. The number of aryl methyl sites for hydroxylation is 3. The van der Waals surface area contributed by atoms with Gasteiger partial charge >= 0.3 is 5.97 Å². The van der Waals surface area contributed by atoms with E-state index in [2.05, 4.69) is 11.9 Å². The Kier molecular flexibility index (Phi) is 8.39. The number of carbonyl (C=O) groups is 2. The normalized spacial score (nSPS) is 13.2. The lowest BCUT2D eigenvalue weighted by Crippen LogP contribution is -2.24. The molecule has 1 N–H and O–H groups in total. The van der Waals surface area contributed by atoms with E-state index in [1.54, 1.807) is 40.4 Å². The number of hydrogen-bond acceptors (Lipinski definition) is 9. The number of ether oxygens (including phenoxy) is 1. The topological polar surface area (TPSA) is 103 Å². The van der Waals surface area contributed by atoms with Crippen molar-refractivity contribution in [3.63, 3.8) is 0 Å². The van der Waals surface area contributed by atoms with Gasteiger partial charge in [0.15, 0.2) is 5.16 Å². The van der Waals surface area contributed by atoms with Crippen molar-refractivity contribution in [1.29, 1.82) is 0 Å². The highest BCUT2D eigenvalue weighted by atomic mass is 32.2. The van der Waals surface area contributed by atoms with Crippen molar-refractivity contribution in [3.05, 3.63) is 62.3 Å². The lowest BCUT2D eigenvalue weighted by atomic mass is 10.1. The third-order valence-electron chi connectivity index (χ3n) is 6.46. The molecule has 0 radical (unpaired) electrons. The fourth-order valence-corrected chi connectivity index (χ4v) is 7.77. The fraction of sp³-hybridized carbons (Fsp3) is 0.357. The van der Waals surface area contributed by atoms with Gasteiger partial charge in [0.2, 0.25) is 5.91 Å². The average Bonchev–Trinajstić information content (AvgIpc) is 3.57. The van der Waals surface area contributed by atoms with Crippen molar-refractivity contribution in [3.8, 4) is 11.3 Å². The highest BCUT2D eigenvalue weighted by Gasteiger charge is 2.25. The van der Waals surface area contributed by atoms with E-state index in [-0.39, 0.29) is 29.4 Å². The summed E-state index contributed by atoms with van der Waals surface area (Å²) >= 11 is 4.02. The largest absolute Gasteiger partial charge is 0.462 e. The zero-order chi connectivity index (χ0) is 27.5. The Morgan fingerprint density at radius 2 is 2.10 bits per heavy atom. The second kappa shape index (κ2) is 11.9. The van der Waals surface area contributed by atoms with Gasteiger partial charge in [0.05, 0.1) is 17.7 Å². The molecule has 0 aromatic carbocycles. The molecule has 0 fully saturated rings. The number of carbonyl (C=O) groups excluding carboxylic acids is 2. The summed E-state index contributed by atoms with van der Waals surface area (Å²) < 4.78 is 12.6. The van der Waals surface area contributed by atoms with E-state index in [1.165, 1.54) is 34.4 Å². The van der Waals surface area contributed by atoms with Gasteiger partial charge in [-0.25, -0.2) is 9.78 Å². The predicted molar refractivity (Wildman–Crippen MR) is 157 cm³/mol. The quantitative estimate of drug-likeness (QED) is 0.0794. The number of esters is 1. The Hall–Kier alpha value is -3.15. The molecule has 4 aromatic heterocycles. The summed E-state index contributed by atoms with van der Waals surface area (Å²) in [5.41, 5.74) is 1.89. The molecule has 4 heterocycles. The first-order chi connectivity index (χ1) is 18.9. The van der Waals surface area contributed by atoms with Gasteiger partial charge in [0.25, 0.3) is 5.56 Å². The molecule has 0 aliphatic heterocycles. The summed E-state index contributed by atoms with van der Waals surface area (Å²) in [4.78, 5) is 46.2. The van der Waals surface area contributed by atoms with Gasteiger partial charge in [-0.3, -0.25) is 14.2 Å². The van der Waals surface area contributed by atoms with Crippen LogP contribution in [0.4, 0.5) is 5.00 Å². The zero-order valence-corrected chi connectivity index (χ0v) is 24.3. The Bertz CT molecular complexity index is 1610. The molecule has 8 nitrogen and oxygen atoms in total. The molecular formula is C28H29N3O5S3. The number of aromatic nitrogens is 2. The molecule has 4 aromatic rings. The van der Waals surface area contributed by atoms with Gasteiger partial charge < -0.3 is 14.5 Å². The van der Waals surface area contributed by atoms with Gasteiger partial charge in [0.1, 0.15) is 26.9 Å². The van der Waals surface area contributed by atoms with Gasteiger partial charge in [0, 0.05) is 22.4 Å². The molecule has 0 saturated carbocycles. The van der Waals surface area contributed by atoms with Crippen LogP contribution in [-0.4, -0.2) is 33.8 Å². The van der Waals surface area contributed by atoms with E-state index in [0.717, 1.165) is 36.1 Å². The monoisotopic (exact) mass is 583 g/mol. The van der Waals surface area contributed by atoms with Crippen molar-refractivity contribution in [2.75, 3.05) is 17.7 Å². The molecular weight excluding hydrogens is 555 g/mol. The molecule has 0 bridgehead atoms. The number of hydrogen-bond donors (Lipinski definition) is 1. The third kappa shape index (κ3) is 5.61. The highest BCUT2D eigenvalue weighted by molar-refractivity contribution is 7.99. The Morgan fingerprint density at radius 3 is 2.85 bits per heavy atom. The number of furan rings is 1. The van der Waals surface area contributed by atoms with Crippen LogP contribution in [0.1, 0.15) is 52.7 Å². The van der Waals surface area contributed by atoms with Gasteiger partial charge in [-0.15, -0.1) is 29.3 Å². The Balaban J connectivity index is 1.40. The summed E-state index contributed by atoms with van der Waals surface area (Å²) in [5, 5.41) is 6.19. The van der Waals surface area contributed by atoms with Crippen LogP contribution in [0.2, 0.25) is 0 Å². The first kappa shape index (κ1) is 27.4. The summed E-state index contributed by atoms with van der Waals surface area (Å²) in [6.07, 6.45) is 6.92. The third-order valence-corrected chi connectivity index (χ3v) is 9.52. The number of anilines is 1. The molecule has 0 atom stereocenters. The van der Waals surface area contributed by atoms with Gasteiger partial charge in [-0.05, 0) is 57.2 Å². The lowest BCUT2D eigenvalue weighted by molar-refractivity contribution is -0.113. The lowest BCUT2D eigenvalue weighted by Gasteiger charge is -2.11. The second-order valence-electron chi connectivity index (χ2n) is 9.16. The van der Waals surface area contributed by atoms with Gasteiger partial charge in [-0.2, -0.15) is 0 Å². The number of nitrogens with zero attached hydrogens (tertiary/aromatic N) is 2. The van der Waals surface area contributed by atoms with Crippen LogP contribution >= 0.6 is 34.4 Å². The minimum absolute atomic E-state index is 0.00946. The van der Waals surface area contributed by atoms with E-state index in [1.807, 2.05) is 13.0 Å². The SMILES string of the molecule is C=CCn1c(SCC(=O)Nc2scc(-c3ccc(C)o3)c2C(=O)OCC)nc2sc3c(c2c1=O)CCCCC3. The molecule has 1 amide bonds. The molecule has 0 unspecified atom stereocenters. The van der Waals surface area contributed by atoms with Crippen molar-refractivity contribution < 1.29 is 18.7 Å². The number of amides is 1. The van der Waals surface area contributed by atoms with Crippen LogP contribution in [0.25, 0.3) is 21.5 Å². The summed E-state index contributed by atoms with van der Waals surface area (Å²) in [7, 11) is 0. The average molecular weight is 584 g/mol. The minimum atomic E-state index is -0.532. The first-order valence-electron chi connectivity index (χ1n) is 12.8. The van der Waals surface area contributed by atoms with E-state index < -0.39 is 5.97 Å². The molecule has 1 aliphatic rings. The molecule has 39 heavy (non-hydrogen) atoms.